The van der Waals surface area contributed by atoms with Gasteiger partial charge in [-0.15, -0.1) is 0 Å². The quantitative estimate of drug-likeness (QED) is 0.637. The van der Waals surface area contributed by atoms with Crippen molar-refractivity contribution >= 4 is 23.4 Å². The smallest absolute Gasteiger partial charge is 0.260 e. The van der Waals surface area contributed by atoms with E-state index in [9.17, 15) is 9.59 Å². The average Bonchev–Trinajstić information content (AvgIpc) is 3.12. The van der Waals surface area contributed by atoms with Crippen LogP contribution in [0.25, 0.3) is 0 Å². The lowest BCUT2D eigenvalue weighted by molar-refractivity contribution is -0.137. The van der Waals surface area contributed by atoms with E-state index in [1.807, 2.05) is 6.07 Å². The van der Waals surface area contributed by atoms with Crippen LogP contribution in [0.2, 0.25) is 5.02 Å². The molecule has 0 spiro atoms. The summed E-state index contributed by atoms with van der Waals surface area (Å²) in [7, 11) is 1.48. The number of nitrogens with one attached hydrogen (secondary N) is 1. The van der Waals surface area contributed by atoms with E-state index in [0.717, 1.165) is 12.0 Å². The number of hydrogen-bond acceptors (Lipinski definition) is 7. The molecule has 2 aromatic carbocycles. The molecule has 2 amide bonds. The number of rotatable bonds is 7. The minimum absolute atomic E-state index is 0.118. The molecule has 2 aromatic rings. The van der Waals surface area contributed by atoms with E-state index in [2.05, 4.69) is 5.32 Å². The van der Waals surface area contributed by atoms with E-state index in [-0.39, 0.29) is 25.0 Å². The number of methoxy groups -OCH3 is 1. The van der Waals surface area contributed by atoms with Gasteiger partial charge < -0.3 is 33.9 Å². The van der Waals surface area contributed by atoms with Crippen LogP contribution in [0.15, 0.2) is 30.3 Å². The number of morpholine rings is 1. The number of ether oxygens (including phenoxy) is 5. The van der Waals surface area contributed by atoms with Crippen LogP contribution in [0.1, 0.15) is 22.3 Å². The van der Waals surface area contributed by atoms with E-state index < -0.39 is 0 Å². The van der Waals surface area contributed by atoms with Crippen LogP contribution in [-0.4, -0.2) is 69.9 Å². The third kappa shape index (κ3) is 5.84. The van der Waals surface area contributed by atoms with E-state index in [1.54, 1.807) is 29.2 Å². The van der Waals surface area contributed by atoms with E-state index in [1.165, 1.54) is 7.11 Å². The summed E-state index contributed by atoms with van der Waals surface area (Å²) in [6, 6.07) is 8.37. The second-order valence-corrected chi connectivity index (χ2v) is 8.19. The number of benzene rings is 2. The maximum Gasteiger partial charge on any atom is 0.260 e. The number of carbonyl (C=O) groups is 2. The zero-order valence-corrected chi connectivity index (χ0v) is 19.7. The Bertz CT molecular complexity index is 1040. The normalized spacial score (nSPS) is 15.3. The maximum absolute atomic E-state index is 12.7. The van der Waals surface area contributed by atoms with Crippen molar-refractivity contribution in [2.75, 3.05) is 53.2 Å². The molecule has 10 heteroatoms. The standard InChI is InChI=1S/C24H27ClN2O7/c1-30-20-13-17(3-4-19(20)34-15-22(28)27-5-9-31-10-6-27)24(29)26-14-16-11-18(25)23-21(12-16)32-7-2-8-33-23/h3-4,11-13H,2,5-10,14-15H2,1H3,(H,26,29). The molecule has 34 heavy (non-hydrogen) atoms. The van der Waals surface area contributed by atoms with Crippen molar-refractivity contribution in [3.05, 3.63) is 46.5 Å². The Kier molecular flexibility index (Phi) is 7.97. The van der Waals surface area contributed by atoms with Gasteiger partial charge in [0.2, 0.25) is 0 Å². The second kappa shape index (κ2) is 11.3. The van der Waals surface area contributed by atoms with Gasteiger partial charge in [0, 0.05) is 31.6 Å². The average molecular weight is 491 g/mol. The van der Waals surface area contributed by atoms with Gasteiger partial charge in [0.1, 0.15) is 0 Å². The van der Waals surface area contributed by atoms with Gasteiger partial charge in [0.15, 0.2) is 29.6 Å². The number of carbonyl (C=O) groups excluding carboxylic acids is 2. The highest BCUT2D eigenvalue weighted by Crippen LogP contribution is 2.38. The molecule has 9 nitrogen and oxygen atoms in total. The molecule has 1 saturated heterocycles. The largest absolute Gasteiger partial charge is 0.493 e. The lowest BCUT2D eigenvalue weighted by Gasteiger charge is -2.26. The Balaban J connectivity index is 1.36. The molecule has 0 aliphatic carbocycles. The molecule has 2 aliphatic rings. The number of hydrogen-bond donors (Lipinski definition) is 1. The minimum Gasteiger partial charge on any atom is -0.493 e. The van der Waals surface area contributed by atoms with Gasteiger partial charge in [-0.1, -0.05) is 11.6 Å². The van der Waals surface area contributed by atoms with Crippen LogP contribution >= 0.6 is 11.6 Å². The van der Waals surface area contributed by atoms with Crippen molar-refractivity contribution < 1.29 is 33.3 Å². The van der Waals surface area contributed by atoms with Crippen molar-refractivity contribution in [3.63, 3.8) is 0 Å². The first-order valence-electron chi connectivity index (χ1n) is 11.1. The zero-order valence-electron chi connectivity index (χ0n) is 18.9. The lowest BCUT2D eigenvalue weighted by Crippen LogP contribution is -2.43. The maximum atomic E-state index is 12.7. The fourth-order valence-corrected chi connectivity index (χ4v) is 3.93. The van der Waals surface area contributed by atoms with Crippen LogP contribution in [0.3, 0.4) is 0 Å². The van der Waals surface area contributed by atoms with Crippen molar-refractivity contribution in [1.82, 2.24) is 10.2 Å². The summed E-state index contributed by atoms with van der Waals surface area (Å²) in [4.78, 5) is 26.7. The molecule has 0 saturated carbocycles. The Morgan fingerprint density at radius 1 is 1.06 bits per heavy atom. The topological polar surface area (TPSA) is 95.6 Å². The SMILES string of the molecule is COc1cc(C(=O)NCc2cc(Cl)c3c(c2)OCCCO3)ccc1OCC(=O)N1CCOCC1. The van der Waals surface area contributed by atoms with E-state index >= 15 is 0 Å². The molecule has 2 aliphatic heterocycles. The fraction of sp³-hybridized carbons (Fsp3) is 0.417. The van der Waals surface area contributed by atoms with E-state index in [4.69, 9.17) is 35.3 Å². The molecular formula is C24H27ClN2O7. The summed E-state index contributed by atoms with van der Waals surface area (Å²) in [5.74, 6) is 1.43. The highest BCUT2D eigenvalue weighted by molar-refractivity contribution is 6.32. The third-order valence-corrected chi connectivity index (χ3v) is 5.74. The molecule has 0 unspecified atom stereocenters. The molecule has 0 bridgehead atoms. The Labute approximate surface area is 202 Å². The number of amides is 2. The molecule has 182 valence electrons. The molecule has 0 atom stereocenters. The monoisotopic (exact) mass is 490 g/mol. The molecule has 0 radical (unpaired) electrons. The first kappa shape index (κ1) is 24.0. The van der Waals surface area contributed by atoms with Gasteiger partial charge in [-0.25, -0.2) is 0 Å². The molecule has 1 N–H and O–H groups in total. The third-order valence-electron chi connectivity index (χ3n) is 5.46. The summed E-state index contributed by atoms with van der Waals surface area (Å²) in [6.07, 6.45) is 0.778. The number of nitrogens with zero attached hydrogens (tertiary/aromatic N) is 1. The highest BCUT2D eigenvalue weighted by Gasteiger charge is 2.19. The Morgan fingerprint density at radius 2 is 1.85 bits per heavy atom. The van der Waals surface area contributed by atoms with Gasteiger partial charge in [-0.2, -0.15) is 0 Å². The first-order chi connectivity index (χ1) is 16.5. The van der Waals surface area contributed by atoms with Gasteiger partial charge in [0.25, 0.3) is 11.8 Å². The van der Waals surface area contributed by atoms with Crippen LogP contribution in [0, 0.1) is 0 Å². The van der Waals surface area contributed by atoms with Gasteiger partial charge >= 0.3 is 0 Å². The Morgan fingerprint density at radius 3 is 2.65 bits per heavy atom. The summed E-state index contributed by atoms with van der Waals surface area (Å²) >= 11 is 6.33. The molecular weight excluding hydrogens is 464 g/mol. The van der Waals surface area contributed by atoms with Gasteiger partial charge in [-0.05, 0) is 35.9 Å². The van der Waals surface area contributed by atoms with Crippen molar-refractivity contribution in [3.8, 4) is 23.0 Å². The lowest BCUT2D eigenvalue weighted by atomic mass is 10.1. The summed E-state index contributed by atoms with van der Waals surface area (Å²) < 4.78 is 27.6. The summed E-state index contributed by atoms with van der Waals surface area (Å²) in [6.45, 7) is 3.38. The van der Waals surface area contributed by atoms with Crippen LogP contribution < -0.4 is 24.3 Å². The molecule has 4 rings (SSSR count). The predicted octanol–water partition coefficient (Wildman–Crippen LogP) is 2.68. The number of halogens is 1. The van der Waals surface area contributed by atoms with Crippen molar-refractivity contribution in [1.29, 1.82) is 0 Å². The van der Waals surface area contributed by atoms with Crippen molar-refractivity contribution in [2.45, 2.75) is 13.0 Å². The van der Waals surface area contributed by atoms with Crippen LogP contribution in [-0.2, 0) is 16.1 Å². The molecule has 0 aromatic heterocycles. The van der Waals surface area contributed by atoms with Crippen LogP contribution in [0.4, 0.5) is 0 Å². The number of fused-ring (bicyclic) bond motifs is 1. The second-order valence-electron chi connectivity index (χ2n) is 7.79. The Hall–Kier alpha value is -3.17. The predicted molar refractivity (Wildman–Crippen MR) is 124 cm³/mol. The van der Waals surface area contributed by atoms with Crippen molar-refractivity contribution in [2.24, 2.45) is 0 Å². The molecule has 1 fully saturated rings. The van der Waals surface area contributed by atoms with Gasteiger partial charge in [0.05, 0.1) is 38.6 Å². The summed E-state index contributed by atoms with van der Waals surface area (Å²) in [5, 5.41) is 3.31. The van der Waals surface area contributed by atoms with E-state index in [0.29, 0.717) is 73.1 Å². The summed E-state index contributed by atoms with van der Waals surface area (Å²) in [5.41, 5.74) is 1.18. The highest BCUT2D eigenvalue weighted by atomic mass is 35.5. The molecule has 2 heterocycles. The van der Waals surface area contributed by atoms with Gasteiger partial charge in [-0.3, -0.25) is 9.59 Å². The zero-order chi connectivity index (χ0) is 23.9. The fourth-order valence-electron chi connectivity index (χ4n) is 3.64. The minimum atomic E-state index is -0.294. The van der Waals surface area contributed by atoms with Crippen LogP contribution in [0.5, 0.6) is 23.0 Å². The first-order valence-corrected chi connectivity index (χ1v) is 11.5.